The molecule has 3 amide bonds. The van der Waals surface area contributed by atoms with Crippen LogP contribution in [0.2, 0.25) is 5.02 Å². The van der Waals surface area contributed by atoms with E-state index in [2.05, 4.69) is 20.9 Å². The summed E-state index contributed by atoms with van der Waals surface area (Å²) in [4.78, 5) is 49.1. The SMILES string of the molecule is COc1cc(Cl)c2c(c1)CNC(=O)[C@H](Cc1c[nH]c3ccccc13)N(C)C(=O)[C@H](CCCCN)NC(=O)[C@H](CCCN)NCc1ccccc1S2. The van der Waals surface area contributed by atoms with Crippen LogP contribution in [-0.4, -0.2) is 73.0 Å². The number of methoxy groups -OCH3 is 1. The molecular formula is C38H48ClN7O4S. The molecule has 0 saturated carbocycles. The minimum absolute atomic E-state index is 0.142. The van der Waals surface area contributed by atoms with E-state index in [4.69, 9.17) is 27.8 Å². The molecule has 0 fully saturated rings. The minimum Gasteiger partial charge on any atom is -0.497 e. The van der Waals surface area contributed by atoms with E-state index >= 15 is 0 Å². The Hall–Kier alpha value is -4.07. The molecule has 1 aliphatic rings. The molecule has 272 valence electrons. The van der Waals surface area contributed by atoms with Crippen molar-refractivity contribution < 1.29 is 19.1 Å². The van der Waals surface area contributed by atoms with Gasteiger partial charge in [-0.3, -0.25) is 14.4 Å². The number of rotatable bonds is 10. The van der Waals surface area contributed by atoms with Gasteiger partial charge in [-0.1, -0.05) is 59.8 Å². The van der Waals surface area contributed by atoms with Gasteiger partial charge in [0.05, 0.1) is 18.2 Å². The molecular weight excluding hydrogens is 686 g/mol. The number of benzene rings is 3. The van der Waals surface area contributed by atoms with Crippen LogP contribution in [0.1, 0.15) is 48.8 Å². The Balaban J connectivity index is 1.58. The highest BCUT2D eigenvalue weighted by molar-refractivity contribution is 7.99. The summed E-state index contributed by atoms with van der Waals surface area (Å²) >= 11 is 8.37. The normalized spacial score (nSPS) is 19.2. The zero-order valence-corrected chi connectivity index (χ0v) is 30.7. The van der Waals surface area contributed by atoms with Crippen LogP contribution in [-0.2, 0) is 33.9 Å². The van der Waals surface area contributed by atoms with Crippen molar-refractivity contribution in [3.63, 3.8) is 0 Å². The topological polar surface area (TPSA) is 168 Å². The van der Waals surface area contributed by atoms with Crippen molar-refractivity contribution in [1.29, 1.82) is 0 Å². The van der Waals surface area contributed by atoms with Gasteiger partial charge in [-0.15, -0.1) is 0 Å². The molecule has 1 aliphatic heterocycles. The number of hydrogen-bond acceptors (Lipinski definition) is 8. The average molecular weight is 734 g/mol. The van der Waals surface area contributed by atoms with Gasteiger partial charge in [-0.05, 0) is 86.1 Å². The lowest BCUT2D eigenvalue weighted by Gasteiger charge is -2.32. The number of carbonyl (C=O) groups is 3. The van der Waals surface area contributed by atoms with Crippen LogP contribution in [0.3, 0.4) is 0 Å². The van der Waals surface area contributed by atoms with Crippen molar-refractivity contribution in [2.45, 2.75) is 79.5 Å². The predicted molar refractivity (Wildman–Crippen MR) is 203 cm³/mol. The van der Waals surface area contributed by atoms with Crippen LogP contribution < -0.4 is 32.2 Å². The van der Waals surface area contributed by atoms with Crippen LogP contribution in [0.25, 0.3) is 10.9 Å². The Kier molecular flexibility index (Phi) is 13.8. The maximum Gasteiger partial charge on any atom is 0.245 e. The lowest BCUT2D eigenvalue weighted by molar-refractivity contribution is -0.142. The highest BCUT2D eigenvalue weighted by Crippen LogP contribution is 2.40. The molecule has 1 aromatic heterocycles. The summed E-state index contributed by atoms with van der Waals surface area (Å²) in [5.41, 5.74) is 15.2. The molecule has 0 saturated heterocycles. The highest BCUT2D eigenvalue weighted by Gasteiger charge is 2.34. The van der Waals surface area contributed by atoms with Gasteiger partial charge in [0.25, 0.3) is 0 Å². The smallest absolute Gasteiger partial charge is 0.245 e. The van der Waals surface area contributed by atoms with E-state index in [-0.39, 0.29) is 30.7 Å². The molecule has 3 atom stereocenters. The Morgan fingerprint density at radius 3 is 2.43 bits per heavy atom. The average Bonchev–Trinajstić information content (AvgIpc) is 3.55. The number of nitrogens with zero attached hydrogens (tertiary/aromatic N) is 1. The summed E-state index contributed by atoms with van der Waals surface area (Å²) in [6.45, 7) is 1.42. The van der Waals surface area contributed by atoms with Crippen molar-refractivity contribution in [2.24, 2.45) is 11.5 Å². The second-order valence-electron chi connectivity index (χ2n) is 12.8. The maximum absolute atomic E-state index is 14.4. The van der Waals surface area contributed by atoms with Gasteiger partial charge in [0, 0.05) is 53.4 Å². The number of nitrogens with one attached hydrogen (secondary N) is 4. The second-order valence-corrected chi connectivity index (χ2v) is 14.2. The number of aromatic nitrogens is 1. The molecule has 2 heterocycles. The van der Waals surface area contributed by atoms with Gasteiger partial charge in [-0.25, -0.2) is 0 Å². The Bertz CT molecular complexity index is 1820. The van der Waals surface area contributed by atoms with E-state index in [1.165, 1.54) is 16.7 Å². The third-order valence-corrected chi connectivity index (χ3v) is 11.0. The third-order valence-electron chi connectivity index (χ3n) is 9.29. The van der Waals surface area contributed by atoms with Crippen molar-refractivity contribution in [3.8, 4) is 5.75 Å². The van der Waals surface area contributed by atoms with E-state index in [1.54, 1.807) is 20.2 Å². The first-order valence-corrected chi connectivity index (χ1v) is 18.6. The van der Waals surface area contributed by atoms with Crippen LogP contribution in [0.4, 0.5) is 0 Å². The van der Waals surface area contributed by atoms with Crippen LogP contribution in [0, 0.1) is 0 Å². The molecule has 51 heavy (non-hydrogen) atoms. The van der Waals surface area contributed by atoms with Crippen LogP contribution in [0.5, 0.6) is 5.75 Å². The number of hydrogen-bond donors (Lipinski definition) is 6. The number of ether oxygens (including phenoxy) is 1. The summed E-state index contributed by atoms with van der Waals surface area (Å²) in [6.07, 6.45) is 4.92. The van der Waals surface area contributed by atoms with E-state index in [1.807, 2.05) is 60.8 Å². The Morgan fingerprint density at radius 2 is 1.65 bits per heavy atom. The minimum atomic E-state index is -0.898. The van der Waals surface area contributed by atoms with E-state index in [9.17, 15) is 14.4 Å². The molecule has 0 aliphatic carbocycles. The van der Waals surface area contributed by atoms with Gasteiger partial charge in [0.2, 0.25) is 17.7 Å². The second kappa shape index (κ2) is 18.4. The number of para-hydroxylation sites is 1. The van der Waals surface area contributed by atoms with Crippen molar-refractivity contribution in [3.05, 3.63) is 88.6 Å². The molecule has 5 rings (SSSR count). The number of likely N-dealkylation sites (N-methyl/N-ethyl adjacent to an activating group) is 1. The van der Waals surface area contributed by atoms with Crippen LogP contribution >= 0.6 is 23.4 Å². The number of nitrogens with two attached hydrogens (primary N) is 2. The molecule has 0 unspecified atom stereocenters. The first-order chi connectivity index (χ1) is 24.7. The molecule has 0 spiro atoms. The van der Waals surface area contributed by atoms with Crippen molar-refractivity contribution >= 4 is 52.0 Å². The summed E-state index contributed by atoms with van der Waals surface area (Å²) < 4.78 is 5.55. The standard InChI is InChI=1S/C38H48ClN7O4S/c1-46-33(19-25-22-42-30-12-5-4-11-28(25)30)37(48)44-23-26-18-27(50-2)20-29(39)35(26)51-34-15-6-3-10-24(34)21-43-31(14-9-17-41)36(47)45-32(38(46)49)13-7-8-16-40/h3-6,10-12,15,18,20,22,31-33,42-43H,7-9,13-14,16-17,19,21,23,40-41H2,1-2H3,(H,44,48)(H,45,47)/t31-,32-,33-/m0/s1. The van der Waals surface area contributed by atoms with Gasteiger partial charge in [0.1, 0.15) is 17.8 Å². The molecule has 11 nitrogen and oxygen atoms in total. The summed E-state index contributed by atoms with van der Waals surface area (Å²) in [5, 5.41) is 11.0. The van der Waals surface area contributed by atoms with Gasteiger partial charge >= 0.3 is 0 Å². The zero-order valence-electron chi connectivity index (χ0n) is 29.2. The highest BCUT2D eigenvalue weighted by atomic mass is 35.5. The Labute approximate surface area is 308 Å². The molecule has 3 aromatic carbocycles. The zero-order chi connectivity index (χ0) is 36.3. The molecule has 4 aromatic rings. The maximum atomic E-state index is 14.4. The number of H-pyrrole nitrogens is 1. The van der Waals surface area contributed by atoms with Gasteiger partial charge < -0.3 is 42.0 Å². The van der Waals surface area contributed by atoms with E-state index in [0.29, 0.717) is 62.5 Å². The molecule has 0 bridgehead atoms. The molecule has 0 radical (unpaired) electrons. The number of amides is 3. The summed E-state index contributed by atoms with van der Waals surface area (Å²) in [6, 6.07) is 17.0. The number of aromatic amines is 1. The number of fused-ring (bicyclic) bond motifs is 3. The van der Waals surface area contributed by atoms with Gasteiger partial charge in [-0.2, -0.15) is 0 Å². The van der Waals surface area contributed by atoms with Gasteiger partial charge in [0.15, 0.2) is 0 Å². The van der Waals surface area contributed by atoms with Crippen LogP contribution in [0.15, 0.2) is 76.7 Å². The lowest BCUT2D eigenvalue weighted by Crippen LogP contribution is -2.57. The fourth-order valence-electron chi connectivity index (χ4n) is 6.36. The Morgan fingerprint density at radius 1 is 0.902 bits per heavy atom. The molecule has 13 heteroatoms. The first-order valence-electron chi connectivity index (χ1n) is 17.4. The number of halogens is 1. The summed E-state index contributed by atoms with van der Waals surface area (Å²) in [5.74, 6) is -0.432. The first kappa shape index (κ1) is 38.2. The fourth-order valence-corrected chi connectivity index (χ4v) is 7.76. The quantitative estimate of drug-likeness (QED) is 0.130. The largest absolute Gasteiger partial charge is 0.497 e. The third kappa shape index (κ3) is 9.63. The van der Waals surface area contributed by atoms with E-state index < -0.39 is 18.1 Å². The van der Waals surface area contributed by atoms with Crippen molar-refractivity contribution in [2.75, 3.05) is 27.2 Å². The monoisotopic (exact) mass is 733 g/mol. The number of carbonyl (C=O) groups excluding carboxylic acids is 3. The van der Waals surface area contributed by atoms with Crippen molar-refractivity contribution in [1.82, 2.24) is 25.8 Å². The lowest BCUT2D eigenvalue weighted by atomic mass is 10.0. The fraction of sp³-hybridized carbons (Fsp3) is 0.395. The predicted octanol–water partition coefficient (Wildman–Crippen LogP) is 4.49. The number of unbranched alkanes of at least 4 members (excludes halogenated alkanes) is 1. The molecule has 8 N–H and O–H groups in total. The van der Waals surface area contributed by atoms with E-state index in [0.717, 1.165) is 37.4 Å². The summed E-state index contributed by atoms with van der Waals surface area (Å²) in [7, 11) is 3.20.